The van der Waals surface area contributed by atoms with Gasteiger partial charge in [-0.25, -0.2) is 4.79 Å². The molecule has 36 heavy (non-hydrogen) atoms. The van der Waals surface area contributed by atoms with E-state index in [9.17, 15) is 9.59 Å². The average Bonchev–Trinajstić information content (AvgIpc) is 3.24. The lowest BCUT2D eigenvalue weighted by molar-refractivity contribution is -0.116. The maximum atomic E-state index is 12.8. The van der Waals surface area contributed by atoms with Crippen LogP contribution in [-0.4, -0.2) is 73.4 Å². The van der Waals surface area contributed by atoms with Gasteiger partial charge >= 0.3 is 6.09 Å². The Morgan fingerprint density at radius 2 is 1.72 bits per heavy atom. The van der Waals surface area contributed by atoms with E-state index >= 15 is 0 Å². The molecule has 3 aliphatic rings. The molecule has 1 spiro atoms. The van der Waals surface area contributed by atoms with Crippen LogP contribution < -0.4 is 4.90 Å². The third-order valence-electron chi connectivity index (χ3n) is 8.38. The molecule has 5 rings (SSSR count). The Kier molecular flexibility index (Phi) is 7.31. The number of thioether (sulfide) groups is 1. The van der Waals surface area contributed by atoms with E-state index in [1.807, 2.05) is 16.7 Å². The number of piperidine rings is 2. The van der Waals surface area contributed by atoms with Gasteiger partial charge in [0.05, 0.1) is 12.3 Å². The van der Waals surface area contributed by atoms with Crippen molar-refractivity contribution >= 4 is 29.4 Å². The number of nitrogens with zero attached hydrogens (tertiary/aromatic N) is 3. The zero-order chi connectivity index (χ0) is 25.3. The largest absolute Gasteiger partial charge is 0.450 e. The van der Waals surface area contributed by atoms with Gasteiger partial charge in [-0.3, -0.25) is 4.79 Å². The molecule has 2 aromatic rings. The molecular formula is C29H37N3O3S. The van der Waals surface area contributed by atoms with Gasteiger partial charge in [-0.05, 0) is 75.2 Å². The molecule has 0 saturated carbocycles. The molecular weight excluding hydrogens is 470 g/mol. The number of amides is 2. The normalized spacial score (nSPS) is 20.0. The topological polar surface area (TPSA) is 53.1 Å². The first-order chi connectivity index (χ1) is 17.5. The average molecular weight is 508 g/mol. The molecule has 0 aliphatic carbocycles. The molecule has 2 amide bonds. The van der Waals surface area contributed by atoms with E-state index in [0.717, 1.165) is 69.7 Å². The third-order valence-corrected chi connectivity index (χ3v) is 9.12. The van der Waals surface area contributed by atoms with E-state index < -0.39 is 0 Å². The summed E-state index contributed by atoms with van der Waals surface area (Å²) in [6.45, 7) is 8.35. The number of likely N-dealkylation sites (tertiary alicyclic amines) is 2. The highest BCUT2D eigenvalue weighted by atomic mass is 32.2. The summed E-state index contributed by atoms with van der Waals surface area (Å²) < 4.78 is 5.18. The van der Waals surface area contributed by atoms with Crippen LogP contribution in [0.1, 0.15) is 45.1 Å². The van der Waals surface area contributed by atoms with E-state index in [1.165, 1.54) is 16.0 Å². The van der Waals surface area contributed by atoms with Crippen molar-refractivity contribution in [3.05, 3.63) is 48.0 Å². The standard InChI is InChI=1S/C29H37N3O3S/c1-4-35-28(34)31-16-12-23(13-17-31)30-18-14-29(15-19-30)20-32(21(2)33)27-25(6-5-7-26(27)29)22-8-10-24(36-3)11-9-22/h5-11,23H,4,12-20H2,1-3H3. The van der Waals surface area contributed by atoms with Gasteiger partial charge in [-0.1, -0.05) is 30.3 Å². The van der Waals surface area contributed by atoms with E-state index in [2.05, 4.69) is 53.6 Å². The lowest BCUT2D eigenvalue weighted by Crippen LogP contribution is -2.52. The van der Waals surface area contributed by atoms with E-state index in [4.69, 9.17) is 4.74 Å². The second-order valence-corrected chi connectivity index (χ2v) is 11.1. The second-order valence-electron chi connectivity index (χ2n) is 10.3. The minimum atomic E-state index is -0.181. The van der Waals surface area contributed by atoms with Crippen molar-refractivity contribution in [1.82, 2.24) is 9.80 Å². The first kappa shape index (κ1) is 25.2. The third kappa shape index (κ3) is 4.63. The van der Waals surface area contributed by atoms with Crippen LogP contribution in [-0.2, 0) is 14.9 Å². The Balaban J connectivity index is 1.34. The summed E-state index contributed by atoms with van der Waals surface area (Å²) in [5.41, 5.74) is 4.78. The van der Waals surface area contributed by atoms with Crippen LogP contribution in [0.2, 0.25) is 0 Å². The van der Waals surface area contributed by atoms with Gasteiger partial charge in [0.1, 0.15) is 0 Å². The fraction of sp³-hybridized carbons (Fsp3) is 0.517. The van der Waals surface area contributed by atoms with Crippen LogP contribution in [0.5, 0.6) is 0 Å². The first-order valence-corrected chi connectivity index (χ1v) is 14.4. The van der Waals surface area contributed by atoms with Crippen molar-refractivity contribution in [3.63, 3.8) is 0 Å². The van der Waals surface area contributed by atoms with Gasteiger partial charge in [0.2, 0.25) is 5.91 Å². The number of fused-ring (bicyclic) bond motifs is 2. The Bertz CT molecular complexity index is 1100. The van der Waals surface area contributed by atoms with Crippen LogP contribution in [0.25, 0.3) is 11.1 Å². The number of ether oxygens (including phenoxy) is 1. The summed E-state index contributed by atoms with van der Waals surface area (Å²) in [6, 6.07) is 15.8. The van der Waals surface area contributed by atoms with Gasteiger partial charge in [0.25, 0.3) is 0 Å². The summed E-state index contributed by atoms with van der Waals surface area (Å²) >= 11 is 1.74. The molecule has 0 radical (unpaired) electrons. The fourth-order valence-electron chi connectivity index (χ4n) is 6.37. The molecule has 0 bridgehead atoms. The monoisotopic (exact) mass is 507 g/mol. The highest BCUT2D eigenvalue weighted by Gasteiger charge is 2.47. The summed E-state index contributed by atoms with van der Waals surface area (Å²) in [6.07, 6.45) is 6.01. The fourth-order valence-corrected chi connectivity index (χ4v) is 6.78. The van der Waals surface area contributed by atoms with Gasteiger partial charge in [0.15, 0.2) is 0 Å². The molecule has 7 heteroatoms. The number of benzene rings is 2. The van der Waals surface area contributed by atoms with Crippen LogP contribution in [0.4, 0.5) is 10.5 Å². The molecule has 3 heterocycles. The quantitative estimate of drug-likeness (QED) is 0.519. The highest BCUT2D eigenvalue weighted by Crippen LogP contribution is 2.51. The summed E-state index contributed by atoms with van der Waals surface area (Å²) in [5.74, 6) is 0.120. The molecule has 192 valence electrons. The van der Waals surface area contributed by atoms with Crippen molar-refractivity contribution in [1.29, 1.82) is 0 Å². The Morgan fingerprint density at radius 3 is 2.33 bits per heavy atom. The lowest BCUT2D eigenvalue weighted by atomic mass is 9.73. The number of carbonyl (C=O) groups excluding carboxylic acids is 2. The van der Waals surface area contributed by atoms with Gasteiger partial charge in [0, 0.05) is 48.5 Å². The van der Waals surface area contributed by atoms with Crippen molar-refractivity contribution in [2.24, 2.45) is 0 Å². The Hall–Kier alpha value is -2.51. The SMILES string of the molecule is CCOC(=O)N1CCC(N2CCC3(CC2)CN(C(C)=O)c2c(-c4ccc(SC)cc4)cccc23)CC1. The number of para-hydroxylation sites is 1. The summed E-state index contributed by atoms with van der Waals surface area (Å²) in [4.78, 5) is 32.6. The number of anilines is 1. The Morgan fingerprint density at radius 1 is 1.03 bits per heavy atom. The molecule has 0 aromatic heterocycles. The smallest absolute Gasteiger partial charge is 0.409 e. The number of rotatable bonds is 4. The van der Waals surface area contributed by atoms with Crippen molar-refractivity contribution in [2.75, 3.05) is 50.5 Å². The number of carbonyl (C=O) groups is 2. The van der Waals surface area contributed by atoms with Crippen molar-refractivity contribution in [2.45, 2.75) is 55.9 Å². The van der Waals surface area contributed by atoms with E-state index in [-0.39, 0.29) is 17.4 Å². The first-order valence-electron chi connectivity index (χ1n) is 13.2. The maximum absolute atomic E-state index is 12.8. The van der Waals surface area contributed by atoms with Crippen molar-refractivity contribution in [3.8, 4) is 11.1 Å². The molecule has 2 saturated heterocycles. The van der Waals surface area contributed by atoms with Crippen LogP contribution in [0.15, 0.2) is 47.4 Å². The molecule has 3 aliphatic heterocycles. The minimum Gasteiger partial charge on any atom is -0.450 e. The second kappa shape index (κ2) is 10.5. The predicted octanol–water partition coefficient (Wildman–Crippen LogP) is 5.40. The van der Waals surface area contributed by atoms with Crippen LogP contribution in [0.3, 0.4) is 0 Å². The molecule has 2 aromatic carbocycles. The van der Waals surface area contributed by atoms with E-state index in [1.54, 1.807) is 18.7 Å². The number of hydrogen-bond donors (Lipinski definition) is 0. The minimum absolute atomic E-state index is 0.0123. The van der Waals surface area contributed by atoms with Crippen molar-refractivity contribution < 1.29 is 14.3 Å². The molecule has 0 unspecified atom stereocenters. The molecule has 0 atom stereocenters. The van der Waals surface area contributed by atoms with E-state index in [0.29, 0.717) is 12.6 Å². The summed E-state index contributed by atoms with van der Waals surface area (Å²) in [5, 5.41) is 0. The molecule has 0 N–H and O–H groups in total. The zero-order valence-corrected chi connectivity index (χ0v) is 22.5. The number of hydrogen-bond acceptors (Lipinski definition) is 5. The lowest BCUT2D eigenvalue weighted by Gasteiger charge is -2.45. The van der Waals surface area contributed by atoms with Crippen LogP contribution in [0, 0.1) is 0 Å². The molecule has 2 fully saturated rings. The molecule has 6 nitrogen and oxygen atoms in total. The maximum Gasteiger partial charge on any atom is 0.409 e. The van der Waals surface area contributed by atoms with Gasteiger partial charge in [-0.15, -0.1) is 11.8 Å². The predicted molar refractivity (Wildman–Crippen MR) is 146 cm³/mol. The zero-order valence-electron chi connectivity index (χ0n) is 21.7. The highest BCUT2D eigenvalue weighted by molar-refractivity contribution is 7.98. The Labute approximate surface area is 219 Å². The van der Waals surface area contributed by atoms with Crippen LogP contribution >= 0.6 is 11.8 Å². The van der Waals surface area contributed by atoms with Gasteiger partial charge < -0.3 is 19.4 Å². The summed E-state index contributed by atoms with van der Waals surface area (Å²) in [7, 11) is 0. The van der Waals surface area contributed by atoms with Gasteiger partial charge in [-0.2, -0.15) is 0 Å².